The van der Waals surface area contributed by atoms with Gasteiger partial charge in [-0.15, -0.1) is 0 Å². The maximum Gasteiger partial charge on any atom is 0.275 e. The van der Waals surface area contributed by atoms with Crippen molar-refractivity contribution in [3.63, 3.8) is 0 Å². The molecule has 0 aromatic heterocycles. The standard InChI is InChI=1S/C11H15ClN2O5S/c1-7(15)3-4-13-20(18,19)9-5-10(12)8(2)11(6-9)14(16)17/h5-7,13,15H,3-4H2,1-2H3. The Morgan fingerprint density at radius 1 is 1.50 bits per heavy atom. The van der Waals surface area contributed by atoms with E-state index in [1.165, 1.54) is 13.8 Å². The number of aliphatic hydroxyl groups excluding tert-OH is 1. The van der Waals surface area contributed by atoms with E-state index in [9.17, 15) is 18.5 Å². The van der Waals surface area contributed by atoms with Crippen LogP contribution in [0.5, 0.6) is 0 Å². The topological polar surface area (TPSA) is 110 Å². The third-order valence-corrected chi connectivity index (χ3v) is 4.48. The molecule has 0 aliphatic heterocycles. The van der Waals surface area contributed by atoms with Gasteiger partial charge in [0.1, 0.15) is 0 Å². The number of nitrogens with zero attached hydrogens (tertiary/aromatic N) is 1. The minimum atomic E-state index is -3.90. The Bertz CT molecular complexity index is 615. The SMILES string of the molecule is Cc1c(Cl)cc(S(=O)(=O)NCCC(C)O)cc1[N+](=O)[O-]. The van der Waals surface area contributed by atoms with Gasteiger partial charge >= 0.3 is 0 Å². The number of nitrogens with one attached hydrogen (secondary N) is 1. The normalized spacial score (nSPS) is 13.2. The van der Waals surface area contributed by atoms with Crippen molar-refractivity contribution in [2.75, 3.05) is 6.54 Å². The minimum absolute atomic E-state index is 0.00935. The van der Waals surface area contributed by atoms with Gasteiger partial charge in [0.05, 0.1) is 20.9 Å². The quantitative estimate of drug-likeness (QED) is 0.610. The first kappa shape index (κ1) is 16.8. The molecule has 20 heavy (non-hydrogen) atoms. The molecule has 0 saturated carbocycles. The zero-order valence-corrected chi connectivity index (χ0v) is 12.5. The highest BCUT2D eigenvalue weighted by Crippen LogP contribution is 2.29. The lowest BCUT2D eigenvalue weighted by Gasteiger charge is -2.09. The van der Waals surface area contributed by atoms with Crippen LogP contribution in [0.3, 0.4) is 0 Å². The molecule has 1 unspecified atom stereocenters. The molecular formula is C11H15ClN2O5S. The second-order valence-electron chi connectivity index (χ2n) is 4.34. The lowest BCUT2D eigenvalue weighted by molar-refractivity contribution is -0.385. The average molecular weight is 323 g/mol. The number of nitro benzene ring substituents is 1. The van der Waals surface area contributed by atoms with E-state index in [4.69, 9.17) is 16.7 Å². The Hall–Kier alpha value is -1.22. The third kappa shape index (κ3) is 4.14. The summed E-state index contributed by atoms with van der Waals surface area (Å²) in [5.41, 5.74) is -0.145. The highest BCUT2D eigenvalue weighted by atomic mass is 35.5. The number of sulfonamides is 1. The fourth-order valence-electron chi connectivity index (χ4n) is 1.47. The number of hydrogen-bond acceptors (Lipinski definition) is 5. The Morgan fingerprint density at radius 3 is 2.60 bits per heavy atom. The van der Waals surface area contributed by atoms with Crippen LogP contribution in [0.15, 0.2) is 17.0 Å². The van der Waals surface area contributed by atoms with Gasteiger partial charge < -0.3 is 5.11 Å². The van der Waals surface area contributed by atoms with E-state index in [1.807, 2.05) is 0 Å². The molecule has 1 rings (SSSR count). The molecule has 0 bridgehead atoms. The van der Waals surface area contributed by atoms with Crippen molar-refractivity contribution in [1.29, 1.82) is 0 Å². The lowest BCUT2D eigenvalue weighted by atomic mass is 10.2. The molecule has 1 atom stereocenters. The molecule has 0 amide bonds. The highest BCUT2D eigenvalue weighted by molar-refractivity contribution is 7.89. The molecule has 0 aliphatic rings. The summed E-state index contributed by atoms with van der Waals surface area (Å²) < 4.78 is 26.2. The predicted octanol–water partition coefficient (Wildman–Crippen LogP) is 1.61. The van der Waals surface area contributed by atoms with Crippen LogP contribution in [0.25, 0.3) is 0 Å². The van der Waals surface area contributed by atoms with Crippen molar-refractivity contribution in [3.8, 4) is 0 Å². The molecular weight excluding hydrogens is 308 g/mol. The summed E-state index contributed by atoms with van der Waals surface area (Å²) in [5.74, 6) is 0. The van der Waals surface area contributed by atoms with Crippen LogP contribution in [-0.4, -0.2) is 31.1 Å². The van der Waals surface area contributed by atoms with Crippen LogP contribution in [0.2, 0.25) is 5.02 Å². The fourth-order valence-corrected chi connectivity index (χ4v) is 2.84. The maximum atomic E-state index is 12.0. The largest absolute Gasteiger partial charge is 0.393 e. The van der Waals surface area contributed by atoms with Crippen molar-refractivity contribution >= 4 is 27.3 Å². The van der Waals surface area contributed by atoms with Crippen molar-refractivity contribution in [3.05, 3.63) is 32.8 Å². The van der Waals surface area contributed by atoms with Gasteiger partial charge in [-0.25, -0.2) is 13.1 Å². The predicted molar refractivity (Wildman–Crippen MR) is 74.3 cm³/mol. The summed E-state index contributed by atoms with van der Waals surface area (Å²) in [4.78, 5) is 9.90. The molecule has 112 valence electrons. The second-order valence-corrected chi connectivity index (χ2v) is 6.52. The van der Waals surface area contributed by atoms with Crippen molar-refractivity contribution in [2.24, 2.45) is 0 Å². The smallest absolute Gasteiger partial charge is 0.275 e. The zero-order valence-electron chi connectivity index (χ0n) is 11.0. The first-order valence-corrected chi connectivity index (χ1v) is 7.63. The van der Waals surface area contributed by atoms with E-state index >= 15 is 0 Å². The summed E-state index contributed by atoms with van der Waals surface area (Å²) in [6.45, 7) is 3.00. The molecule has 0 aliphatic carbocycles. The molecule has 2 N–H and O–H groups in total. The third-order valence-electron chi connectivity index (χ3n) is 2.65. The number of rotatable bonds is 6. The van der Waals surface area contributed by atoms with E-state index in [2.05, 4.69) is 4.72 Å². The van der Waals surface area contributed by atoms with E-state index < -0.39 is 21.1 Å². The van der Waals surface area contributed by atoms with Gasteiger partial charge in [-0.05, 0) is 26.3 Å². The van der Waals surface area contributed by atoms with Crippen molar-refractivity contribution in [1.82, 2.24) is 4.72 Å². The van der Waals surface area contributed by atoms with E-state index in [0.29, 0.717) is 0 Å². The zero-order chi connectivity index (χ0) is 15.5. The molecule has 7 nitrogen and oxygen atoms in total. The van der Waals surface area contributed by atoms with E-state index in [1.54, 1.807) is 0 Å². The lowest BCUT2D eigenvalue weighted by Crippen LogP contribution is -2.26. The van der Waals surface area contributed by atoms with Gasteiger partial charge in [-0.3, -0.25) is 10.1 Å². The molecule has 0 heterocycles. The highest BCUT2D eigenvalue weighted by Gasteiger charge is 2.22. The van der Waals surface area contributed by atoms with Gasteiger partial charge in [-0.2, -0.15) is 0 Å². The van der Waals surface area contributed by atoms with Crippen LogP contribution in [0.4, 0.5) is 5.69 Å². The summed E-state index contributed by atoms with van der Waals surface area (Å²) >= 11 is 5.82. The number of benzene rings is 1. The number of hydrogen-bond donors (Lipinski definition) is 2. The van der Waals surface area contributed by atoms with Crippen LogP contribution in [-0.2, 0) is 10.0 Å². The van der Waals surface area contributed by atoms with Crippen LogP contribution < -0.4 is 4.72 Å². The summed E-state index contributed by atoms with van der Waals surface area (Å²) in [6.07, 6.45) is -0.408. The van der Waals surface area contributed by atoms with Crippen molar-refractivity contribution in [2.45, 2.75) is 31.3 Å². The fraction of sp³-hybridized carbons (Fsp3) is 0.455. The molecule has 1 aromatic rings. The minimum Gasteiger partial charge on any atom is -0.393 e. The summed E-state index contributed by atoms with van der Waals surface area (Å²) in [5, 5.41) is 19.9. The average Bonchev–Trinajstić information content (AvgIpc) is 2.31. The van der Waals surface area contributed by atoms with Gasteiger partial charge in [0, 0.05) is 18.2 Å². The van der Waals surface area contributed by atoms with E-state index in [-0.39, 0.29) is 34.1 Å². The Kier molecular flexibility index (Phi) is 5.46. The van der Waals surface area contributed by atoms with Gasteiger partial charge in [-0.1, -0.05) is 11.6 Å². The van der Waals surface area contributed by atoms with Gasteiger partial charge in [0.2, 0.25) is 10.0 Å². The van der Waals surface area contributed by atoms with Gasteiger partial charge in [0.25, 0.3) is 5.69 Å². The maximum absolute atomic E-state index is 12.0. The molecule has 9 heteroatoms. The van der Waals surface area contributed by atoms with Crippen LogP contribution >= 0.6 is 11.6 Å². The molecule has 1 aromatic carbocycles. The monoisotopic (exact) mass is 322 g/mol. The Labute approximate surface area is 121 Å². The number of halogens is 1. The first-order chi connectivity index (χ1) is 9.15. The van der Waals surface area contributed by atoms with Crippen LogP contribution in [0, 0.1) is 17.0 Å². The molecule has 0 spiro atoms. The molecule has 0 fully saturated rings. The Balaban J connectivity index is 3.10. The second kappa shape index (κ2) is 6.49. The van der Waals surface area contributed by atoms with Crippen LogP contribution in [0.1, 0.15) is 18.9 Å². The molecule has 0 saturated heterocycles. The number of aliphatic hydroxyl groups is 1. The summed E-state index contributed by atoms with van der Waals surface area (Å²) in [7, 11) is -3.90. The molecule has 0 radical (unpaired) electrons. The van der Waals surface area contributed by atoms with Gasteiger partial charge in [0.15, 0.2) is 0 Å². The number of nitro groups is 1. The van der Waals surface area contributed by atoms with Crippen molar-refractivity contribution < 1.29 is 18.4 Å². The van der Waals surface area contributed by atoms with E-state index in [0.717, 1.165) is 12.1 Å². The summed E-state index contributed by atoms with van der Waals surface area (Å²) in [6, 6.07) is 2.13. The first-order valence-electron chi connectivity index (χ1n) is 5.77. The Morgan fingerprint density at radius 2 is 2.10 bits per heavy atom.